The predicted molar refractivity (Wildman–Crippen MR) is 58.4 cm³/mol. The largest absolute Gasteiger partial charge is 0.481 e. The fraction of sp³-hybridized carbons (Fsp3) is 0.333. The highest BCUT2D eigenvalue weighted by atomic mass is 16.4. The van der Waals surface area contributed by atoms with Crippen LogP contribution in [0.2, 0.25) is 0 Å². The van der Waals surface area contributed by atoms with Crippen LogP contribution >= 0.6 is 0 Å². The number of aryl methyl sites for hydroxylation is 1. The Bertz CT molecular complexity index is 381. The van der Waals surface area contributed by atoms with Gasteiger partial charge in [-0.05, 0) is 17.5 Å². The van der Waals surface area contributed by atoms with E-state index in [9.17, 15) is 9.59 Å². The van der Waals surface area contributed by atoms with E-state index in [-0.39, 0.29) is 6.42 Å². The molecule has 1 rings (SSSR count). The highest BCUT2D eigenvalue weighted by molar-refractivity contribution is 5.82. The van der Waals surface area contributed by atoms with Crippen LogP contribution in [-0.4, -0.2) is 22.2 Å². The third-order valence-corrected chi connectivity index (χ3v) is 2.47. The molecule has 0 heterocycles. The van der Waals surface area contributed by atoms with Gasteiger partial charge in [-0.1, -0.05) is 31.2 Å². The summed E-state index contributed by atoms with van der Waals surface area (Å²) < 4.78 is 0. The van der Waals surface area contributed by atoms with Gasteiger partial charge in [0.05, 0.1) is 12.3 Å². The molecule has 0 aliphatic heterocycles. The maximum Gasteiger partial charge on any atom is 0.311 e. The van der Waals surface area contributed by atoms with Gasteiger partial charge in [-0.3, -0.25) is 9.59 Å². The van der Waals surface area contributed by atoms with Gasteiger partial charge in [0.2, 0.25) is 0 Å². The van der Waals surface area contributed by atoms with Gasteiger partial charge in [0.25, 0.3) is 0 Å². The molecule has 1 atom stereocenters. The molecular weight excluding hydrogens is 208 g/mol. The van der Waals surface area contributed by atoms with Crippen LogP contribution < -0.4 is 0 Å². The van der Waals surface area contributed by atoms with Gasteiger partial charge in [0, 0.05) is 0 Å². The first-order valence-electron chi connectivity index (χ1n) is 5.08. The zero-order valence-electron chi connectivity index (χ0n) is 9.01. The number of benzene rings is 1. The van der Waals surface area contributed by atoms with Gasteiger partial charge < -0.3 is 10.2 Å². The molecule has 4 nitrogen and oxygen atoms in total. The van der Waals surface area contributed by atoms with E-state index in [0.717, 1.165) is 12.0 Å². The van der Waals surface area contributed by atoms with E-state index in [0.29, 0.717) is 5.56 Å². The molecule has 0 saturated carbocycles. The molecule has 0 saturated heterocycles. The van der Waals surface area contributed by atoms with E-state index in [1.165, 1.54) is 0 Å². The predicted octanol–water partition coefficient (Wildman–Crippen LogP) is 1.89. The second kappa shape index (κ2) is 5.30. The maximum atomic E-state index is 10.9. The summed E-state index contributed by atoms with van der Waals surface area (Å²) in [6.45, 7) is 2.00. The molecule has 0 aliphatic carbocycles. The monoisotopic (exact) mass is 222 g/mol. The van der Waals surface area contributed by atoms with Crippen molar-refractivity contribution in [2.24, 2.45) is 0 Å². The fourth-order valence-electron chi connectivity index (χ4n) is 1.51. The van der Waals surface area contributed by atoms with Gasteiger partial charge >= 0.3 is 11.9 Å². The van der Waals surface area contributed by atoms with Crippen molar-refractivity contribution in [2.45, 2.75) is 25.7 Å². The SMILES string of the molecule is CCc1ccc(C(CC(=O)O)C(=O)O)cc1. The Labute approximate surface area is 93.5 Å². The molecule has 0 aliphatic rings. The first-order valence-corrected chi connectivity index (χ1v) is 5.08. The zero-order valence-corrected chi connectivity index (χ0v) is 9.01. The second-order valence-corrected chi connectivity index (χ2v) is 3.58. The van der Waals surface area contributed by atoms with Gasteiger partial charge in [0.15, 0.2) is 0 Å². The van der Waals surface area contributed by atoms with E-state index in [1.807, 2.05) is 19.1 Å². The van der Waals surface area contributed by atoms with Crippen LogP contribution in [0.4, 0.5) is 0 Å². The summed E-state index contributed by atoms with van der Waals surface area (Å²) >= 11 is 0. The van der Waals surface area contributed by atoms with Crippen molar-refractivity contribution in [1.82, 2.24) is 0 Å². The maximum absolute atomic E-state index is 10.9. The van der Waals surface area contributed by atoms with Crippen molar-refractivity contribution in [1.29, 1.82) is 0 Å². The van der Waals surface area contributed by atoms with Crippen LogP contribution in [0.25, 0.3) is 0 Å². The minimum Gasteiger partial charge on any atom is -0.481 e. The molecule has 0 radical (unpaired) electrons. The van der Waals surface area contributed by atoms with Crippen molar-refractivity contribution in [3.05, 3.63) is 35.4 Å². The Morgan fingerprint density at radius 2 is 1.75 bits per heavy atom. The van der Waals surface area contributed by atoms with Crippen LogP contribution in [0.5, 0.6) is 0 Å². The zero-order chi connectivity index (χ0) is 12.1. The molecule has 4 heteroatoms. The molecule has 0 spiro atoms. The second-order valence-electron chi connectivity index (χ2n) is 3.58. The lowest BCUT2D eigenvalue weighted by Crippen LogP contribution is -2.15. The van der Waals surface area contributed by atoms with Crippen LogP contribution in [0.3, 0.4) is 0 Å². The lowest BCUT2D eigenvalue weighted by molar-refractivity contribution is -0.145. The highest BCUT2D eigenvalue weighted by Crippen LogP contribution is 2.20. The first-order chi connectivity index (χ1) is 7.54. The summed E-state index contributed by atoms with van der Waals surface area (Å²) in [5.41, 5.74) is 1.63. The normalized spacial score (nSPS) is 12.1. The lowest BCUT2D eigenvalue weighted by Gasteiger charge is -2.10. The molecule has 0 bridgehead atoms. The van der Waals surface area contributed by atoms with E-state index < -0.39 is 17.9 Å². The third kappa shape index (κ3) is 3.08. The molecule has 16 heavy (non-hydrogen) atoms. The standard InChI is InChI=1S/C12H14O4/c1-2-8-3-5-9(6-4-8)10(12(15)16)7-11(13)14/h3-6,10H,2,7H2,1H3,(H,13,14)(H,15,16). The van der Waals surface area contributed by atoms with Crippen molar-refractivity contribution in [3.8, 4) is 0 Å². The molecule has 2 N–H and O–H groups in total. The van der Waals surface area contributed by atoms with E-state index in [1.54, 1.807) is 12.1 Å². The van der Waals surface area contributed by atoms with Crippen LogP contribution in [0, 0.1) is 0 Å². The Hall–Kier alpha value is -1.84. The molecule has 1 aromatic carbocycles. The molecule has 86 valence electrons. The van der Waals surface area contributed by atoms with Gasteiger partial charge in [0.1, 0.15) is 0 Å². The van der Waals surface area contributed by atoms with Crippen LogP contribution in [0.1, 0.15) is 30.4 Å². The smallest absolute Gasteiger partial charge is 0.311 e. The van der Waals surface area contributed by atoms with Gasteiger partial charge in [-0.15, -0.1) is 0 Å². The van der Waals surface area contributed by atoms with E-state index in [4.69, 9.17) is 10.2 Å². The van der Waals surface area contributed by atoms with E-state index >= 15 is 0 Å². The number of carboxylic acid groups (broad SMARTS) is 2. The third-order valence-electron chi connectivity index (χ3n) is 2.47. The highest BCUT2D eigenvalue weighted by Gasteiger charge is 2.22. The number of hydrogen-bond donors (Lipinski definition) is 2. The Morgan fingerprint density at radius 1 is 1.19 bits per heavy atom. The first kappa shape index (κ1) is 12.2. The molecule has 0 aromatic heterocycles. The summed E-state index contributed by atoms with van der Waals surface area (Å²) in [5, 5.41) is 17.6. The minimum absolute atomic E-state index is 0.388. The number of hydrogen-bond acceptors (Lipinski definition) is 2. The number of aliphatic carboxylic acids is 2. The summed E-state index contributed by atoms with van der Waals surface area (Å²) in [6.07, 6.45) is 0.484. The molecule has 0 fully saturated rings. The van der Waals surface area contributed by atoms with Crippen molar-refractivity contribution < 1.29 is 19.8 Å². The van der Waals surface area contributed by atoms with Crippen LogP contribution in [0.15, 0.2) is 24.3 Å². The summed E-state index contributed by atoms with van der Waals surface area (Å²) in [6, 6.07) is 7.02. The Kier molecular flexibility index (Phi) is 4.05. The summed E-state index contributed by atoms with van der Waals surface area (Å²) in [4.78, 5) is 21.5. The summed E-state index contributed by atoms with van der Waals surface area (Å²) in [5.74, 6) is -3.18. The van der Waals surface area contributed by atoms with Crippen molar-refractivity contribution in [3.63, 3.8) is 0 Å². The summed E-state index contributed by atoms with van der Waals surface area (Å²) in [7, 11) is 0. The van der Waals surface area contributed by atoms with Gasteiger partial charge in [-0.2, -0.15) is 0 Å². The molecule has 0 amide bonds. The fourth-order valence-corrected chi connectivity index (χ4v) is 1.51. The van der Waals surface area contributed by atoms with E-state index in [2.05, 4.69) is 0 Å². The molecule has 1 unspecified atom stereocenters. The number of carboxylic acids is 2. The molecule has 1 aromatic rings. The van der Waals surface area contributed by atoms with Crippen molar-refractivity contribution >= 4 is 11.9 Å². The quantitative estimate of drug-likeness (QED) is 0.797. The Balaban J connectivity index is 2.92. The average Bonchev–Trinajstić information content (AvgIpc) is 2.25. The Morgan fingerprint density at radius 3 is 2.12 bits per heavy atom. The average molecular weight is 222 g/mol. The van der Waals surface area contributed by atoms with Gasteiger partial charge in [-0.25, -0.2) is 0 Å². The van der Waals surface area contributed by atoms with Crippen molar-refractivity contribution in [2.75, 3.05) is 0 Å². The molecular formula is C12H14O4. The topological polar surface area (TPSA) is 74.6 Å². The number of rotatable bonds is 5. The van der Waals surface area contributed by atoms with Crippen LogP contribution in [-0.2, 0) is 16.0 Å². The lowest BCUT2D eigenvalue weighted by atomic mass is 9.95. The minimum atomic E-state index is -1.10. The number of carbonyl (C=O) groups is 2.